The highest BCUT2D eigenvalue weighted by Gasteiger charge is 2.10. The van der Waals surface area contributed by atoms with E-state index in [4.69, 9.17) is 5.11 Å². The number of nitrogens with zero attached hydrogens (tertiary/aromatic N) is 4. The molecule has 6 nitrogen and oxygen atoms in total. The molecule has 2 heterocycles. The van der Waals surface area contributed by atoms with Crippen molar-refractivity contribution in [1.29, 1.82) is 0 Å². The van der Waals surface area contributed by atoms with Crippen molar-refractivity contribution in [1.82, 2.24) is 24.9 Å². The zero-order valence-corrected chi connectivity index (χ0v) is 14.8. The Morgan fingerprint density at radius 2 is 1.96 bits per heavy atom. The second kappa shape index (κ2) is 8.09. The van der Waals surface area contributed by atoms with Gasteiger partial charge in [0.1, 0.15) is 0 Å². The van der Waals surface area contributed by atoms with Crippen LogP contribution in [0.15, 0.2) is 42.7 Å². The van der Waals surface area contributed by atoms with Crippen LogP contribution in [0, 0.1) is 13.8 Å². The fourth-order valence-corrected chi connectivity index (χ4v) is 2.96. The summed E-state index contributed by atoms with van der Waals surface area (Å²) in [5.74, 6) is 0. The van der Waals surface area contributed by atoms with Gasteiger partial charge in [0, 0.05) is 24.0 Å². The third-order valence-electron chi connectivity index (χ3n) is 4.39. The molecule has 0 saturated heterocycles. The molecule has 3 rings (SSSR count). The van der Waals surface area contributed by atoms with Gasteiger partial charge in [-0.2, -0.15) is 10.2 Å². The fraction of sp³-hybridized carbons (Fsp3) is 0.368. The first kappa shape index (κ1) is 17.4. The molecule has 132 valence electrons. The number of aryl methyl sites for hydroxylation is 1. The lowest BCUT2D eigenvalue weighted by molar-refractivity contribution is 0.267. The molecule has 2 aromatic heterocycles. The van der Waals surface area contributed by atoms with Crippen LogP contribution in [0.2, 0.25) is 0 Å². The van der Waals surface area contributed by atoms with Gasteiger partial charge in [0.15, 0.2) is 0 Å². The quantitative estimate of drug-likeness (QED) is 0.616. The molecule has 0 aliphatic heterocycles. The van der Waals surface area contributed by atoms with Gasteiger partial charge in [0.25, 0.3) is 0 Å². The number of hydrogen-bond acceptors (Lipinski definition) is 4. The predicted molar refractivity (Wildman–Crippen MR) is 97.8 cm³/mol. The maximum absolute atomic E-state index is 9.08. The van der Waals surface area contributed by atoms with Crippen molar-refractivity contribution in [2.75, 3.05) is 13.2 Å². The van der Waals surface area contributed by atoms with Crippen molar-refractivity contribution in [2.45, 2.75) is 33.4 Å². The molecule has 0 atom stereocenters. The largest absolute Gasteiger partial charge is 0.394 e. The monoisotopic (exact) mass is 339 g/mol. The Kier molecular flexibility index (Phi) is 5.63. The first-order valence-corrected chi connectivity index (χ1v) is 8.62. The molecule has 2 N–H and O–H groups in total. The van der Waals surface area contributed by atoms with Crippen molar-refractivity contribution in [3.8, 4) is 5.69 Å². The van der Waals surface area contributed by atoms with E-state index < -0.39 is 0 Å². The van der Waals surface area contributed by atoms with Gasteiger partial charge in [-0.15, -0.1) is 0 Å². The number of para-hydroxylation sites is 1. The van der Waals surface area contributed by atoms with Crippen LogP contribution in [-0.2, 0) is 19.5 Å². The summed E-state index contributed by atoms with van der Waals surface area (Å²) in [4.78, 5) is 0. The molecule has 0 bridgehead atoms. The molecule has 0 aliphatic carbocycles. The molecule has 0 radical (unpaired) electrons. The van der Waals surface area contributed by atoms with Crippen LogP contribution in [0.4, 0.5) is 0 Å². The molecule has 6 heteroatoms. The molecular weight excluding hydrogens is 314 g/mol. The van der Waals surface area contributed by atoms with Crippen molar-refractivity contribution >= 4 is 0 Å². The van der Waals surface area contributed by atoms with Gasteiger partial charge in [0.2, 0.25) is 0 Å². The normalized spacial score (nSPS) is 11.2. The van der Waals surface area contributed by atoms with Crippen LogP contribution in [0.25, 0.3) is 5.69 Å². The number of hydrogen-bond donors (Lipinski definition) is 2. The van der Waals surface area contributed by atoms with Crippen LogP contribution < -0.4 is 5.32 Å². The van der Waals surface area contributed by atoms with Gasteiger partial charge >= 0.3 is 0 Å². The Balaban J connectivity index is 1.52. The second-order valence-electron chi connectivity index (χ2n) is 6.15. The smallest absolute Gasteiger partial charge is 0.0645 e. The fourth-order valence-electron chi connectivity index (χ4n) is 2.96. The lowest BCUT2D eigenvalue weighted by Gasteiger charge is -2.05. The van der Waals surface area contributed by atoms with Crippen LogP contribution in [-0.4, -0.2) is 37.8 Å². The summed E-state index contributed by atoms with van der Waals surface area (Å²) >= 11 is 0. The summed E-state index contributed by atoms with van der Waals surface area (Å²) in [6.07, 6.45) is 4.92. The number of benzene rings is 1. The first-order valence-electron chi connectivity index (χ1n) is 8.62. The van der Waals surface area contributed by atoms with E-state index in [0.29, 0.717) is 6.54 Å². The highest BCUT2D eigenvalue weighted by atomic mass is 16.3. The van der Waals surface area contributed by atoms with Gasteiger partial charge in [-0.3, -0.25) is 4.68 Å². The molecule has 3 aromatic rings. The SMILES string of the molecule is Cc1nn(CCO)c(C)c1CNCCc1cnn(-c2ccccc2)c1. The van der Waals surface area contributed by atoms with E-state index in [1.54, 1.807) is 0 Å². The Hall–Kier alpha value is -2.44. The number of aromatic nitrogens is 4. The molecule has 25 heavy (non-hydrogen) atoms. The minimum Gasteiger partial charge on any atom is -0.394 e. The average Bonchev–Trinajstić information content (AvgIpc) is 3.19. The highest BCUT2D eigenvalue weighted by molar-refractivity contribution is 5.31. The van der Waals surface area contributed by atoms with E-state index in [0.717, 1.165) is 36.6 Å². The van der Waals surface area contributed by atoms with Crippen molar-refractivity contribution in [3.63, 3.8) is 0 Å². The van der Waals surface area contributed by atoms with Gasteiger partial charge in [-0.1, -0.05) is 18.2 Å². The summed E-state index contributed by atoms with van der Waals surface area (Å²) in [6, 6.07) is 10.1. The lowest BCUT2D eigenvalue weighted by atomic mass is 10.2. The van der Waals surface area contributed by atoms with Crippen molar-refractivity contribution < 1.29 is 5.11 Å². The lowest BCUT2D eigenvalue weighted by Crippen LogP contribution is -2.17. The van der Waals surface area contributed by atoms with Gasteiger partial charge < -0.3 is 10.4 Å². The standard InChI is InChI=1S/C19H25N5O/c1-15-19(16(2)23(22-15)10-11-25)13-20-9-8-17-12-21-24(14-17)18-6-4-3-5-7-18/h3-7,12,14,20,25H,8-11,13H2,1-2H3. The van der Waals surface area contributed by atoms with E-state index in [1.165, 1.54) is 11.1 Å². The molecular formula is C19H25N5O. The maximum Gasteiger partial charge on any atom is 0.0645 e. The van der Waals surface area contributed by atoms with Crippen LogP contribution in [0.5, 0.6) is 0 Å². The number of aliphatic hydroxyl groups is 1. The topological polar surface area (TPSA) is 67.9 Å². The van der Waals surface area contributed by atoms with Gasteiger partial charge in [-0.05, 0) is 44.5 Å². The number of rotatable bonds is 8. The molecule has 0 unspecified atom stereocenters. The van der Waals surface area contributed by atoms with Gasteiger partial charge in [0.05, 0.1) is 30.7 Å². The molecule has 0 saturated carbocycles. The zero-order valence-electron chi connectivity index (χ0n) is 14.8. The average molecular weight is 339 g/mol. The van der Waals surface area contributed by atoms with Crippen molar-refractivity contribution in [2.24, 2.45) is 0 Å². The third-order valence-corrected chi connectivity index (χ3v) is 4.39. The maximum atomic E-state index is 9.08. The van der Waals surface area contributed by atoms with E-state index in [-0.39, 0.29) is 6.61 Å². The predicted octanol–water partition coefficient (Wildman–Crippen LogP) is 2.01. The van der Waals surface area contributed by atoms with Crippen LogP contribution in [0.1, 0.15) is 22.5 Å². The van der Waals surface area contributed by atoms with E-state index in [1.807, 2.05) is 52.8 Å². The Morgan fingerprint density at radius 3 is 2.72 bits per heavy atom. The summed E-state index contributed by atoms with van der Waals surface area (Å²) in [5.41, 5.74) is 5.64. The molecule has 0 spiro atoms. The Labute approximate surface area is 148 Å². The summed E-state index contributed by atoms with van der Waals surface area (Å²) in [6.45, 7) is 6.39. The summed E-state index contributed by atoms with van der Waals surface area (Å²) < 4.78 is 3.78. The summed E-state index contributed by atoms with van der Waals surface area (Å²) in [5, 5.41) is 21.5. The molecule has 0 fully saturated rings. The zero-order chi connectivity index (χ0) is 17.6. The summed E-state index contributed by atoms with van der Waals surface area (Å²) in [7, 11) is 0. The van der Waals surface area contributed by atoms with E-state index >= 15 is 0 Å². The van der Waals surface area contributed by atoms with Crippen molar-refractivity contribution in [3.05, 3.63) is 65.2 Å². The number of aliphatic hydroxyl groups excluding tert-OH is 1. The first-order chi connectivity index (χ1) is 12.2. The van der Waals surface area contributed by atoms with Crippen LogP contribution in [0.3, 0.4) is 0 Å². The second-order valence-corrected chi connectivity index (χ2v) is 6.15. The molecule has 1 aromatic carbocycles. The molecule has 0 amide bonds. The van der Waals surface area contributed by atoms with E-state index in [2.05, 4.69) is 28.6 Å². The number of nitrogens with one attached hydrogen (secondary N) is 1. The third kappa shape index (κ3) is 4.15. The van der Waals surface area contributed by atoms with Crippen LogP contribution >= 0.6 is 0 Å². The van der Waals surface area contributed by atoms with E-state index in [9.17, 15) is 0 Å². The highest BCUT2D eigenvalue weighted by Crippen LogP contribution is 2.13. The Bertz CT molecular complexity index is 807. The Morgan fingerprint density at radius 1 is 1.16 bits per heavy atom. The molecule has 0 aliphatic rings. The minimum absolute atomic E-state index is 0.111. The minimum atomic E-state index is 0.111. The van der Waals surface area contributed by atoms with Gasteiger partial charge in [-0.25, -0.2) is 4.68 Å².